The molecule has 0 saturated heterocycles. The lowest BCUT2D eigenvalue weighted by Crippen LogP contribution is -1.70. The van der Waals surface area contributed by atoms with E-state index in [-0.39, 0.29) is 0 Å². The van der Waals surface area contributed by atoms with Gasteiger partial charge >= 0.3 is 0 Å². The largest absolute Gasteiger partial charge is 0.361 e. The van der Waals surface area contributed by atoms with Crippen LogP contribution in [0, 0.1) is 6.92 Å². The fourth-order valence-corrected chi connectivity index (χ4v) is 1.35. The molecule has 0 spiro atoms. The number of nitrogens with zero attached hydrogens (tertiary/aromatic N) is 3. The Labute approximate surface area is 74.8 Å². The maximum absolute atomic E-state index is 8.31. The topological polar surface area (TPSA) is 64.5 Å². The molecule has 4 nitrogen and oxygen atoms in total. The highest BCUT2D eigenvalue weighted by Gasteiger charge is 2.00. The molecule has 1 N–H and O–H groups in total. The Morgan fingerprint density at radius 1 is 1.46 bits per heavy atom. The van der Waals surface area contributed by atoms with Crippen molar-refractivity contribution in [2.24, 2.45) is 5.11 Å². The Hall–Kier alpha value is -1.93. The van der Waals surface area contributed by atoms with Crippen LogP contribution >= 0.6 is 0 Å². The first-order valence-electron chi connectivity index (χ1n) is 3.94. The van der Waals surface area contributed by atoms with Crippen LogP contribution in [0.1, 0.15) is 5.56 Å². The molecule has 4 heteroatoms. The van der Waals surface area contributed by atoms with E-state index in [1.165, 1.54) is 0 Å². The molecule has 1 heterocycles. The van der Waals surface area contributed by atoms with Gasteiger partial charge in [0.25, 0.3) is 0 Å². The number of aryl methyl sites for hydroxylation is 1. The Morgan fingerprint density at radius 2 is 2.31 bits per heavy atom. The predicted octanol–water partition coefficient (Wildman–Crippen LogP) is 3.42. The van der Waals surface area contributed by atoms with Crippen molar-refractivity contribution in [3.63, 3.8) is 0 Å². The maximum atomic E-state index is 8.31. The monoisotopic (exact) mass is 172 g/mol. The number of azide groups is 1. The Morgan fingerprint density at radius 3 is 3.08 bits per heavy atom. The van der Waals surface area contributed by atoms with E-state index < -0.39 is 0 Å². The van der Waals surface area contributed by atoms with E-state index in [1.807, 2.05) is 25.1 Å². The van der Waals surface area contributed by atoms with Crippen molar-refractivity contribution >= 4 is 16.6 Å². The molecule has 2 rings (SSSR count). The third kappa shape index (κ3) is 1.23. The number of hydrogen-bond donors (Lipinski definition) is 1. The van der Waals surface area contributed by atoms with E-state index in [0.29, 0.717) is 5.69 Å². The minimum Gasteiger partial charge on any atom is -0.361 e. The van der Waals surface area contributed by atoms with Crippen LogP contribution < -0.4 is 0 Å². The highest BCUT2D eigenvalue weighted by molar-refractivity contribution is 5.91. The van der Waals surface area contributed by atoms with E-state index in [1.54, 1.807) is 6.20 Å². The lowest BCUT2D eigenvalue weighted by Gasteiger charge is -1.93. The summed E-state index contributed by atoms with van der Waals surface area (Å²) < 4.78 is 0. The minimum atomic E-state index is 0.654. The van der Waals surface area contributed by atoms with Crippen LogP contribution in [0.5, 0.6) is 0 Å². The Bertz CT molecular complexity index is 491. The average Bonchev–Trinajstić information content (AvgIpc) is 2.49. The Balaban J connectivity index is 2.78. The zero-order chi connectivity index (χ0) is 9.26. The molecule has 0 saturated carbocycles. The fraction of sp³-hybridized carbons (Fsp3) is 0.111. The van der Waals surface area contributed by atoms with Gasteiger partial charge in [0.2, 0.25) is 0 Å². The molecular formula is C9H8N4. The van der Waals surface area contributed by atoms with Crippen molar-refractivity contribution < 1.29 is 0 Å². The van der Waals surface area contributed by atoms with Crippen LogP contribution in [0.15, 0.2) is 29.5 Å². The maximum Gasteiger partial charge on any atom is 0.0628 e. The summed E-state index contributed by atoms with van der Waals surface area (Å²) >= 11 is 0. The van der Waals surface area contributed by atoms with E-state index in [2.05, 4.69) is 15.0 Å². The zero-order valence-electron chi connectivity index (χ0n) is 7.15. The summed E-state index contributed by atoms with van der Waals surface area (Å²) in [6.45, 7) is 2.01. The first-order chi connectivity index (χ1) is 6.31. The number of rotatable bonds is 1. The SMILES string of the molecule is Cc1ccc2[nH]cc(N=[N+]=[N-])c2c1. The smallest absolute Gasteiger partial charge is 0.0628 e. The van der Waals surface area contributed by atoms with Gasteiger partial charge in [-0.1, -0.05) is 16.7 Å². The number of aromatic amines is 1. The summed E-state index contributed by atoms with van der Waals surface area (Å²) in [5.41, 5.74) is 11.1. The van der Waals surface area contributed by atoms with Gasteiger partial charge in [0.05, 0.1) is 5.69 Å². The molecule has 0 aliphatic carbocycles. The van der Waals surface area contributed by atoms with Crippen molar-refractivity contribution in [1.82, 2.24) is 4.98 Å². The van der Waals surface area contributed by atoms with Crippen molar-refractivity contribution in [3.05, 3.63) is 40.4 Å². The molecule has 64 valence electrons. The van der Waals surface area contributed by atoms with Gasteiger partial charge < -0.3 is 4.98 Å². The standard InChI is InChI=1S/C9H8N4/c1-6-2-3-8-7(4-6)9(5-11-8)12-13-10/h2-5,11H,1H3. The van der Waals surface area contributed by atoms with Crippen LogP contribution in [0.3, 0.4) is 0 Å². The number of nitrogens with one attached hydrogen (secondary N) is 1. The number of benzene rings is 1. The molecule has 0 fully saturated rings. The van der Waals surface area contributed by atoms with Gasteiger partial charge in [0.15, 0.2) is 0 Å². The molecule has 0 amide bonds. The number of aromatic nitrogens is 1. The van der Waals surface area contributed by atoms with Gasteiger partial charge in [-0.05, 0) is 24.6 Å². The molecule has 2 aromatic rings. The summed E-state index contributed by atoms with van der Waals surface area (Å²) in [7, 11) is 0. The van der Waals surface area contributed by atoms with Crippen molar-refractivity contribution in [2.45, 2.75) is 6.92 Å². The third-order valence-corrected chi connectivity index (χ3v) is 1.97. The summed E-state index contributed by atoms with van der Waals surface area (Å²) in [4.78, 5) is 5.80. The minimum absolute atomic E-state index is 0.654. The van der Waals surface area contributed by atoms with Gasteiger partial charge in [0.1, 0.15) is 0 Å². The van der Waals surface area contributed by atoms with Gasteiger partial charge in [-0.25, -0.2) is 0 Å². The second-order valence-corrected chi connectivity index (χ2v) is 2.91. The molecule has 0 unspecified atom stereocenters. The van der Waals surface area contributed by atoms with Crippen LogP contribution in [0.25, 0.3) is 21.3 Å². The molecule has 0 atom stereocenters. The number of fused-ring (bicyclic) bond motifs is 1. The van der Waals surface area contributed by atoms with E-state index in [0.717, 1.165) is 16.5 Å². The highest BCUT2D eigenvalue weighted by atomic mass is 15.1. The lowest BCUT2D eigenvalue weighted by atomic mass is 10.2. The molecular weight excluding hydrogens is 164 g/mol. The van der Waals surface area contributed by atoms with Gasteiger partial charge in [-0.3, -0.25) is 0 Å². The average molecular weight is 172 g/mol. The van der Waals surface area contributed by atoms with Crippen LogP contribution in [0.2, 0.25) is 0 Å². The molecule has 0 aliphatic rings. The van der Waals surface area contributed by atoms with Crippen LogP contribution in [-0.2, 0) is 0 Å². The van der Waals surface area contributed by atoms with Crippen molar-refractivity contribution in [3.8, 4) is 0 Å². The molecule has 1 aromatic carbocycles. The molecule has 0 radical (unpaired) electrons. The summed E-state index contributed by atoms with van der Waals surface area (Å²) in [5.74, 6) is 0. The predicted molar refractivity (Wildman–Crippen MR) is 51.8 cm³/mol. The summed E-state index contributed by atoms with van der Waals surface area (Å²) in [5, 5.41) is 4.56. The van der Waals surface area contributed by atoms with Crippen molar-refractivity contribution in [1.29, 1.82) is 0 Å². The second-order valence-electron chi connectivity index (χ2n) is 2.91. The van der Waals surface area contributed by atoms with Gasteiger partial charge in [-0.15, -0.1) is 0 Å². The third-order valence-electron chi connectivity index (χ3n) is 1.97. The van der Waals surface area contributed by atoms with Gasteiger partial charge in [0, 0.05) is 22.0 Å². The first-order valence-corrected chi connectivity index (χ1v) is 3.94. The molecule has 0 bridgehead atoms. The normalized spacial score (nSPS) is 9.92. The molecule has 13 heavy (non-hydrogen) atoms. The van der Waals surface area contributed by atoms with E-state index in [9.17, 15) is 0 Å². The zero-order valence-corrected chi connectivity index (χ0v) is 7.15. The Kier molecular flexibility index (Phi) is 1.69. The van der Waals surface area contributed by atoms with Crippen LogP contribution in [-0.4, -0.2) is 4.98 Å². The van der Waals surface area contributed by atoms with Crippen molar-refractivity contribution in [2.75, 3.05) is 0 Å². The van der Waals surface area contributed by atoms with E-state index >= 15 is 0 Å². The number of H-pyrrole nitrogens is 1. The molecule has 1 aromatic heterocycles. The highest BCUT2D eigenvalue weighted by Crippen LogP contribution is 2.26. The molecule has 0 aliphatic heterocycles. The number of hydrogen-bond acceptors (Lipinski definition) is 1. The first kappa shape index (κ1) is 7.71. The van der Waals surface area contributed by atoms with Gasteiger partial charge in [-0.2, -0.15) is 0 Å². The fourth-order valence-electron chi connectivity index (χ4n) is 1.35. The van der Waals surface area contributed by atoms with Crippen LogP contribution in [0.4, 0.5) is 5.69 Å². The lowest BCUT2D eigenvalue weighted by molar-refractivity contribution is 1.43. The summed E-state index contributed by atoms with van der Waals surface area (Å²) in [6, 6.07) is 5.98. The van der Waals surface area contributed by atoms with E-state index in [4.69, 9.17) is 5.53 Å². The quantitative estimate of drug-likeness (QED) is 0.389. The summed E-state index contributed by atoms with van der Waals surface area (Å²) in [6.07, 6.45) is 1.71. The second kappa shape index (κ2) is 2.84.